The Morgan fingerprint density at radius 1 is 1.28 bits per heavy atom. The topological polar surface area (TPSA) is 58.4 Å². The molecule has 1 aromatic rings. The van der Waals surface area contributed by atoms with Crippen molar-refractivity contribution in [1.82, 2.24) is 5.32 Å². The number of allylic oxidation sites excluding steroid dienone is 1. The molecule has 25 heavy (non-hydrogen) atoms. The molecule has 6 heteroatoms. The number of nitrogens with zero attached hydrogens (tertiary/aromatic N) is 1. The summed E-state index contributed by atoms with van der Waals surface area (Å²) in [6, 6.07) is 6.30. The SMILES string of the molecule is CCC(=O)NCC(N)CC1=CN(c2c(C)cccc2C)CC=C1.Cl.Cl. The number of anilines is 1. The fraction of sp³-hybridized carbons (Fsp3) is 0.421. The van der Waals surface area contributed by atoms with E-state index in [1.54, 1.807) is 0 Å². The highest BCUT2D eigenvalue weighted by Gasteiger charge is 2.14. The molecule has 1 amide bonds. The van der Waals surface area contributed by atoms with Crippen molar-refractivity contribution < 1.29 is 4.79 Å². The molecule has 2 rings (SSSR count). The summed E-state index contributed by atoms with van der Waals surface area (Å²) in [4.78, 5) is 13.6. The van der Waals surface area contributed by atoms with Gasteiger partial charge < -0.3 is 16.0 Å². The number of nitrogens with one attached hydrogen (secondary N) is 1. The molecule has 1 aromatic carbocycles. The van der Waals surface area contributed by atoms with E-state index in [0.717, 1.165) is 13.0 Å². The van der Waals surface area contributed by atoms with E-state index in [1.807, 2.05) is 6.92 Å². The molecule has 0 saturated heterocycles. The van der Waals surface area contributed by atoms with Crippen molar-refractivity contribution in [3.05, 3.63) is 53.3 Å². The highest BCUT2D eigenvalue weighted by atomic mass is 35.5. The quantitative estimate of drug-likeness (QED) is 0.785. The maximum absolute atomic E-state index is 11.3. The van der Waals surface area contributed by atoms with E-state index in [-0.39, 0.29) is 36.8 Å². The maximum atomic E-state index is 11.3. The van der Waals surface area contributed by atoms with Crippen LogP contribution in [0.1, 0.15) is 30.9 Å². The third-order valence-corrected chi connectivity index (χ3v) is 4.06. The predicted octanol–water partition coefficient (Wildman–Crippen LogP) is 3.65. The summed E-state index contributed by atoms with van der Waals surface area (Å²) in [7, 11) is 0. The van der Waals surface area contributed by atoms with Gasteiger partial charge in [-0.05, 0) is 37.0 Å². The molecular weight excluding hydrogens is 357 g/mol. The van der Waals surface area contributed by atoms with Crippen molar-refractivity contribution >= 4 is 36.4 Å². The molecule has 1 aliphatic rings. The van der Waals surface area contributed by atoms with Crippen LogP contribution in [0.5, 0.6) is 0 Å². The van der Waals surface area contributed by atoms with Gasteiger partial charge in [0.25, 0.3) is 0 Å². The zero-order valence-corrected chi connectivity index (χ0v) is 16.8. The van der Waals surface area contributed by atoms with E-state index in [2.05, 4.69) is 60.6 Å². The molecule has 1 heterocycles. The Balaban J connectivity index is 0.00000288. The second-order valence-corrected chi connectivity index (χ2v) is 6.12. The van der Waals surface area contributed by atoms with Crippen LogP contribution >= 0.6 is 24.8 Å². The van der Waals surface area contributed by atoms with E-state index in [0.29, 0.717) is 13.0 Å². The van der Waals surface area contributed by atoms with E-state index in [1.165, 1.54) is 22.4 Å². The highest BCUT2D eigenvalue weighted by Crippen LogP contribution is 2.27. The summed E-state index contributed by atoms with van der Waals surface area (Å²) in [6.45, 7) is 7.51. The van der Waals surface area contributed by atoms with Crippen molar-refractivity contribution in [2.45, 2.75) is 39.7 Å². The van der Waals surface area contributed by atoms with E-state index in [9.17, 15) is 4.79 Å². The third kappa shape index (κ3) is 6.73. The molecule has 0 aromatic heterocycles. The van der Waals surface area contributed by atoms with Crippen LogP contribution in [0.4, 0.5) is 5.69 Å². The first-order valence-electron chi connectivity index (χ1n) is 8.23. The minimum Gasteiger partial charge on any atom is -0.355 e. The van der Waals surface area contributed by atoms with Crippen molar-refractivity contribution in [1.29, 1.82) is 0 Å². The fourth-order valence-electron chi connectivity index (χ4n) is 2.89. The molecule has 1 aliphatic heterocycles. The van der Waals surface area contributed by atoms with Crippen LogP contribution in [0.15, 0.2) is 42.1 Å². The minimum atomic E-state index is -0.0701. The van der Waals surface area contributed by atoms with Crippen LogP contribution in [0.25, 0.3) is 0 Å². The lowest BCUT2D eigenvalue weighted by molar-refractivity contribution is -0.120. The Hall–Kier alpha value is -1.49. The molecular formula is C19H29Cl2N3O. The number of benzene rings is 1. The first-order valence-corrected chi connectivity index (χ1v) is 8.23. The first-order chi connectivity index (χ1) is 11.0. The van der Waals surface area contributed by atoms with Gasteiger partial charge in [0, 0.05) is 37.4 Å². The Bertz CT molecular complexity index is 609. The number of para-hydroxylation sites is 1. The zero-order chi connectivity index (χ0) is 16.8. The van der Waals surface area contributed by atoms with Crippen molar-refractivity contribution in [3.8, 4) is 0 Å². The summed E-state index contributed by atoms with van der Waals surface area (Å²) < 4.78 is 0. The molecule has 0 saturated carbocycles. The Kier molecular flexibility index (Phi) is 10.5. The Labute approximate surface area is 163 Å². The molecule has 4 nitrogen and oxygen atoms in total. The second kappa shape index (κ2) is 11.2. The monoisotopic (exact) mass is 385 g/mol. The van der Waals surface area contributed by atoms with Crippen LogP contribution in [-0.4, -0.2) is 25.0 Å². The maximum Gasteiger partial charge on any atom is 0.219 e. The second-order valence-electron chi connectivity index (χ2n) is 6.12. The predicted molar refractivity (Wildman–Crippen MR) is 111 cm³/mol. The molecule has 0 fully saturated rings. The van der Waals surface area contributed by atoms with Crippen LogP contribution in [-0.2, 0) is 4.79 Å². The van der Waals surface area contributed by atoms with Gasteiger partial charge in [-0.1, -0.05) is 37.3 Å². The highest BCUT2D eigenvalue weighted by molar-refractivity contribution is 5.85. The van der Waals surface area contributed by atoms with Crippen molar-refractivity contribution in [2.75, 3.05) is 18.0 Å². The number of halogens is 2. The lowest BCUT2D eigenvalue weighted by Crippen LogP contribution is -2.37. The number of hydrogen-bond donors (Lipinski definition) is 2. The van der Waals surface area contributed by atoms with Gasteiger partial charge in [-0.25, -0.2) is 0 Å². The standard InChI is InChI=1S/C19H27N3O.2ClH/c1-4-18(23)21-12-17(20)11-16-9-6-10-22(13-16)19-14(2)7-5-8-15(19)3;;/h5-9,13,17H,4,10-12,20H2,1-3H3,(H,21,23);2*1H. The molecule has 140 valence electrons. The van der Waals surface area contributed by atoms with Gasteiger partial charge in [-0.15, -0.1) is 24.8 Å². The van der Waals surface area contributed by atoms with E-state index >= 15 is 0 Å². The van der Waals surface area contributed by atoms with Crippen molar-refractivity contribution in [2.24, 2.45) is 5.73 Å². The van der Waals surface area contributed by atoms with Crippen LogP contribution in [0.2, 0.25) is 0 Å². The average Bonchev–Trinajstić information content (AvgIpc) is 2.53. The number of carbonyl (C=O) groups is 1. The number of rotatable bonds is 6. The molecule has 0 spiro atoms. The van der Waals surface area contributed by atoms with Gasteiger partial charge in [0.15, 0.2) is 0 Å². The van der Waals surface area contributed by atoms with Crippen LogP contribution in [0.3, 0.4) is 0 Å². The third-order valence-electron chi connectivity index (χ3n) is 4.06. The lowest BCUT2D eigenvalue weighted by Gasteiger charge is -2.27. The fourth-order valence-corrected chi connectivity index (χ4v) is 2.89. The first kappa shape index (κ1) is 23.5. The number of hydrogen-bond acceptors (Lipinski definition) is 3. The minimum absolute atomic E-state index is 0. The largest absolute Gasteiger partial charge is 0.355 e. The van der Waals surface area contributed by atoms with Gasteiger partial charge in [0.05, 0.1) is 0 Å². The molecule has 0 radical (unpaired) electrons. The zero-order valence-electron chi connectivity index (χ0n) is 15.1. The van der Waals surface area contributed by atoms with E-state index < -0.39 is 0 Å². The lowest BCUT2D eigenvalue weighted by atomic mass is 10.0. The molecule has 0 aliphatic carbocycles. The normalized spacial score (nSPS) is 14.1. The van der Waals surface area contributed by atoms with Crippen LogP contribution < -0.4 is 16.0 Å². The Morgan fingerprint density at radius 2 is 1.92 bits per heavy atom. The summed E-state index contributed by atoms with van der Waals surface area (Å²) in [5.74, 6) is 0.0470. The van der Waals surface area contributed by atoms with Crippen LogP contribution in [0, 0.1) is 13.8 Å². The number of carbonyl (C=O) groups excluding carboxylic acids is 1. The van der Waals surface area contributed by atoms with Gasteiger partial charge in [0.2, 0.25) is 5.91 Å². The van der Waals surface area contributed by atoms with E-state index in [4.69, 9.17) is 5.73 Å². The molecule has 1 unspecified atom stereocenters. The Morgan fingerprint density at radius 3 is 2.52 bits per heavy atom. The summed E-state index contributed by atoms with van der Waals surface area (Å²) in [5.41, 5.74) is 11.1. The molecule has 0 bridgehead atoms. The van der Waals surface area contributed by atoms with Gasteiger partial charge in [-0.3, -0.25) is 4.79 Å². The molecule has 1 atom stereocenters. The number of nitrogens with two attached hydrogens (primary N) is 1. The van der Waals surface area contributed by atoms with Gasteiger partial charge in [-0.2, -0.15) is 0 Å². The summed E-state index contributed by atoms with van der Waals surface area (Å²) in [6.07, 6.45) is 7.72. The summed E-state index contributed by atoms with van der Waals surface area (Å²) >= 11 is 0. The van der Waals surface area contributed by atoms with Gasteiger partial charge >= 0.3 is 0 Å². The summed E-state index contributed by atoms with van der Waals surface area (Å²) in [5, 5.41) is 2.85. The smallest absolute Gasteiger partial charge is 0.219 e. The van der Waals surface area contributed by atoms with Crippen molar-refractivity contribution in [3.63, 3.8) is 0 Å². The van der Waals surface area contributed by atoms with Gasteiger partial charge in [0.1, 0.15) is 0 Å². The number of amides is 1. The number of aryl methyl sites for hydroxylation is 2. The average molecular weight is 386 g/mol. The molecule has 3 N–H and O–H groups in total.